The molecular formula is C13H14ClN3O5. The number of halogens is 1. The van der Waals surface area contributed by atoms with Gasteiger partial charge >= 0.3 is 11.8 Å². The highest BCUT2D eigenvalue weighted by Gasteiger charge is 2.21. The van der Waals surface area contributed by atoms with Crippen molar-refractivity contribution in [1.29, 1.82) is 0 Å². The summed E-state index contributed by atoms with van der Waals surface area (Å²) in [6, 6.07) is 2.59. The van der Waals surface area contributed by atoms with Gasteiger partial charge in [0.1, 0.15) is 0 Å². The summed E-state index contributed by atoms with van der Waals surface area (Å²) in [5.74, 6) is -1.78. The second kappa shape index (κ2) is 6.52. The fourth-order valence-corrected chi connectivity index (χ4v) is 1.93. The molecule has 3 amide bonds. The summed E-state index contributed by atoms with van der Waals surface area (Å²) in [5.41, 5.74) is 4.28. The minimum atomic E-state index is -0.978. The molecule has 0 atom stereocenters. The zero-order chi connectivity index (χ0) is 16.3. The summed E-state index contributed by atoms with van der Waals surface area (Å²) >= 11 is 5.95. The summed E-state index contributed by atoms with van der Waals surface area (Å²) in [4.78, 5) is 34.8. The van der Waals surface area contributed by atoms with Gasteiger partial charge < -0.3 is 14.8 Å². The van der Waals surface area contributed by atoms with Crippen molar-refractivity contribution in [2.75, 3.05) is 6.79 Å². The fraction of sp³-hybridized carbons (Fsp3) is 0.308. The number of hydrogen-bond acceptors (Lipinski definition) is 5. The van der Waals surface area contributed by atoms with Crippen LogP contribution < -0.4 is 25.6 Å². The highest BCUT2D eigenvalue weighted by atomic mass is 35.5. The molecule has 0 unspecified atom stereocenters. The van der Waals surface area contributed by atoms with Crippen LogP contribution in [0.4, 0.5) is 0 Å². The van der Waals surface area contributed by atoms with E-state index in [1.165, 1.54) is 12.1 Å². The number of hydrazine groups is 1. The Labute approximate surface area is 131 Å². The Morgan fingerprint density at radius 2 is 1.86 bits per heavy atom. The lowest BCUT2D eigenvalue weighted by Gasteiger charge is -2.10. The van der Waals surface area contributed by atoms with Crippen molar-refractivity contribution >= 4 is 29.3 Å². The number of rotatable bonds is 2. The molecule has 0 fully saturated rings. The SMILES string of the molecule is CC(C)NC(=O)C(=O)NNC(=O)c1cc(Cl)c2c(c1)OCO2. The number of nitrogens with one attached hydrogen (secondary N) is 3. The van der Waals surface area contributed by atoms with Gasteiger partial charge in [0.2, 0.25) is 6.79 Å². The van der Waals surface area contributed by atoms with Crippen LogP contribution >= 0.6 is 11.6 Å². The quantitative estimate of drug-likeness (QED) is 0.537. The molecule has 1 aliphatic rings. The molecule has 9 heteroatoms. The van der Waals surface area contributed by atoms with E-state index in [1.54, 1.807) is 13.8 Å². The minimum absolute atomic E-state index is 0.0201. The number of carbonyl (C=O) groups is 3. The Bertz CT molecular complexity index is 632. The van der Waals surface area contributed by atoms with Crippen LogP contribution in [0.15, 0.2) is 12.1 Å². The highest BCUT2D eigenvalue weighted by molar-refractivity contribution is 6.35. The standard InChI is InChI=1S/C13H14ClN3O5/c1-6(2)15-12(19)13(20)17-16-11(18)7-3-8(14)10-9(4-7)21-5-22-10/h3-4,6H,5H2,1-2H3,(H,15,19)(H,16,18)(H,17,20). The number of amides is 3. The molecule has 0 saturated carbocycles. The van der Waals surface area contributed by atoms with Gasteiger partial charge in [-0.1, -0.05) is 11.6 Å². The molecule has 8 nitrogen and oxygen atoms in total. The molecule has 0 saturated heterocycles. The Kier molecular flexibility index (Phi) is 4.71. The van der Waals surface area contributed by atoms with E-state index in [0.717, 1.165) is 0 Å². The van der Waals surface area contributed by atoms with Crippen molar-refractivity contribution in [1.82, 2.24) is 16.2 Å². The third-order valence-corrected chi connectivity index (χ3v) is 2.89. The predicted octanol–water partition coefficient (Wildman–Crippen LogP) is 0.354. The molecule has 22 heavy (non-hydrogen) atoms. The third kappa shape index (κ3) is 3.59. The van der Waals surface area contributed by atoms with Gasteiger partial charge in [0, 0.05) is 11.6 Å². The van der Waals surface area contributed by atoms with Crippen molar-refractivity contribution in [2.45, 2.75) is 19.9 Å². The Hall–Kier alpha value is -2.48. The predicted molar refractivity (Wildman–Crippen MR) is 76.5 cm³/mol. The van der Waals surface area contributed by atoms with Gasteiger partial charge in [-0.25, -0.2) is 0 Å². The topological polar surface area (TPSA) is 106 Å². The van der Waals surface area contributed by atoms with Crippen molar-refractivity contribution in [3.8, 4) is 11.5 Å². The zero-order valence-corrected chi connectivity index (χ0v) is 12.6. The number of carbonyl (C=O) groups excluding carboxylic acids is 3. The van der Waals surface area contributed by atoms with Crippen LogP contribution in [0.25, 0.3) is 0 Å². The second-order valence-corrected chi connectivity index (χ2v) is 5.14. The lowest BCUT2D eigenvalue weighted by molar-refractivity contribution is -0.139. The van der Waals surface area contributed by atoms with E-state index in [1.807, 2.05) is 5.43 Å². The average molecular weight is 328 g/mol. The number of hydrogen-bond donors (Lipinski definition) is 3. The molecule has 1 heterocycles. The first-order valence-electron chi connectivity index (χ1n) is 6.39. The fourth-order valence-electron chi connectivity index (χ4n) is 1.67. The van der Waals surface area contributed by atoms with Gasteiger partial charge in [-0.05, 0) is 26.0 Å². The smallest absolute Gasteiger partial charge is 0.327 e. The Morgan fingerprint density at radius 3 is 2.55 bits per heavy atom. The molecule has 1 aliphatic heterocycles. The molecule has 1 aromatic rings. The summed E-state index contributed by atoms with van der Waals surface area (Å²) in [7, 11) is 0. The molecule has 0 bridgehead atoms. The minimum Gasteiger partial charge on any atom is -0.454 e. The van der Waals surface area contributed by atoms with Gasteiger partial charge in [-0.15, -0.1) is 0 Å². The van der Waals surface area contributed by atoms with E-state index >= 15 is 0 Å². The van der Waals surface area contributed by atoms with Gasteiger partial charge in [-0.2, -0.15) is 0 Å². The summed E-state index contributed by atoms with van der Waals surface area (Å²) in [5, 5.41) is 2.60. The van der Waals surface area contributed by atoms with E-state index in [0.29, 0.717) is 11.5 Å². The molecule has 3 N–H and O–H groups in total. The van der Waals surface area contributed by atoms with E-state index in [-0.39, 0.29) is 23.4 Å². The highest BCUT2D eigenvalue weighted by Crippen LogP contribution is 2.39. The zero-order valence-electron chi connectivity index (χ0n) is 11.9. The molecular weight excluding hydrogens is 314 g/mol. The van der Waals surface area contributed by atoms with Crippen LogP contribution in [0.1, 0.15) is 24.2 Å². The second-order valence-electron chi connectivity index (χ2n) is 4.73. The molecule has 0 radical (unpaired) electrons. The van der Waals surface area contributed by atoms with Crippen LogP contribution in [0, 0.1) is 0 Å². The van der Waals surface area contributed by atoms with Crippen LogP contribution in [-0.2, 0) is 9.59 Å². The largest absolute Gasteiger partial charge is 0.454 e. The van der Waals surface area contributed by atoms with Crippen molar-refractivity contribution in [3.63, 3.8) is 0 Å². The average Bonchev–Trinajstić information content (AvgIpc) is 2.92. The number of benzene rings is 1. The lowest BCUT2D eigenvalue weighted by Crippen LogP contribution is -2.49. The molecule has 0 spiro atoms. The number of fused-ring (bicyclic) bond motifs is 1. The van der Waals surface area contributed by atoms with E-state index < -0.39 is 17.7 Å². The molecule has 2 rings (SSSR count). The maximum Gasteiger partial charge on any atom is 0.327 e. The van der Waals surface area contributed by atoms with Crippen LogP contribution in [0.3, 0.4) is 0 Å². The first-order valence-corrected chi connectivity index (χ1v) is 6.76. The first-order chi connectivity index (χ1) is 10.4. The summed E-state index contributed by atoms with van der Waals surface area (Å²) in [6.45, 7) is 3.43. The lowest BCUT2D eigenvalue weighted by atomic mass is 10.2. The van der Waals surface area contributed by atoms with E-state index in [4.69, 9.17) is 21.1 Å². The monoisotopic (exact) mass is 327 g/mol. The van der Waals surface area contributed by atoms with Crippen molar-refractivity contribution in [2.24, 2.45) is 0 Å². The first kappa shape index (κ1) is 15.9. The van der Waals surface area contributed by atoms with Crippen molar-refractivity contribution < 1.29 is 23.9 Å². The number of ether oxygens (including phenoxy) is 2. The van der Waals surface area contributed by atoms with Crippen LogP contribution in [0.5, 0.6) is 11.5 Å². The van der Waals surface area contributed by atoms with E-state index in [2.05, 4.69) is 10.7 Å². The van der Waals surface area contributed by atoms with Gasteiger partial charge in [0.05, 0.1) is 5.02 Å². The van der Waals surface area contributed by atoms with Crippen LogP contribution in [-0.4, -0.2) is 30.6 Å². The maximum absolute atomic E-state index is 11.9. The summed E-state index contributed by atoms with van der Waals surface area (Å²) in [6.07, 6.45) is 0. The third-order valence-electron chi connectivity index (χ3n) is 2.60. The van der Waals surface area contributed by atoms with Gasteiger partial charge in [0.25, 0.3) is 5.91 Å². The van der Waals surface area contributed by atoms with E-state index in [9.17, 15) is 14.4 Å². The maximum atomic E-state index is 11.9. The Morgan fingerprint density at radius 1 is 1.14 bits per heavy atom. The van der Waals surface area contributed by atoms with Gasteiger partial charge in [0.15, 0.2) is 11.5 Å². The molecule has 118 valence electrons. The molecule has 0 aliphatic carbocycles. The van der Waals surface area contributed by atoms with Crippen LogP contribution in [0.2, 0.25) is 5.02 Å². The summed E-state index contributed by atoms with van der Waals surface area (Å²) < 4.78 is 10.3. The molecule has 1 aromatic carbocycles. The molecule has 0 aromatic heterocycles. The van der Waals surface area contributed by atoms with Crippen molar-refractivity contribution in [3.05, 3.63) is 22.7 Å². The normalized spacial score (nSPS) is 12.0. The van der Waals surface area contributed by atoms with Gasteiger partial charge in [-0.3, -0.25) is 25.2 Å². The Balaban J connectivity index is 1.97.